The Hall–Kier alpha value is -2.19. The van der Waals surface area contributed by atoms with Gasteiger partial charge in [-0.1, -0.05) is 13.8 Å². The fraction of sp³-hybridized carbons (Fsp3) is 0.500. The zero-order valence-electron chi connectivity index (χ0n) is 14.9. The molecule has 0 radical (unpaired) electrons. The van der Waals surface area contributed by atoms with Crippen molar-refractivity contribution in [3.8, 4) is 5.82 Å². The topological polar surface area (TPSA) is 119 Å². The first-order chi connectivity index (χ1) is 11.3. The summed E-state index contributed by atoms with van der Waals surface area (Å²) in [5.41, 5.74) is 6.16. The maximum absolute atomic E-state index is 12.6. The Balaban J connectivity index is 0.00000312. The van der Waals surface area contributed by atoms with Crippen LogP contribution in [0.1, 0.15) is 43.2 Å². The Kier molecular flexibility index (Phi) is 6.89. The lowest BCUT2D eigenvalue weighted by Gasteiger charge is -2.31. The quantitative estimate of drug-likeness (QED) is 0.707. The Bertz CT molecular complexity index is 765. The van der Waals surface area contributed by atoms with Gasteiger partial charge >= 0.3 is 0 Å². The molecule has 0 aromatic carbocycles. The number of carbonyl (C=O) groups excluding carboxylic acids is 1. The van der Waals surface area contributed by atoms with Crippen molar-refractivity contribution in [3.63, 3.8) is 0 Å². The number of aromatic amines is 1. The lowest BCUT2D eigenvalue weighted by molar-refractivity contribution is 0.0897. The minimum atomic E-state index is -0.476. The zero-order valence-corrected chi connectivity index (χ0v) is 15.7. The van der Waals surface area contributed by atoms with Gasteiger partial charge in [0.05, 0.1) is 17.5 Å². The average molecular weight is 369 g/mol. The molecule has 0 aliphatic carbocycles. The van der Waals surface area contributed by atoms with E-state index in [4.69, 9.17) is 5.73 Å². The molecule has 0 aliphatic rings. The molecule has 1 atom stereocenters. The minimum absolute atomic E-state index is 0. The van der Waals surface area contributed by atoms with Crippen LogP contribution >= 0.6 is 12.4 Å². The number of rotatable bonds is 6. The number of hydrogen-bond acceptors (Lipinski definition) is 5. The van der Waals surface area contributed by atoms with E-state index in [0.29, 0.717) is 29.5 Å². The van der Waals surface area contributed by atoms with Gasteiger partial charge in [-0.3, -0.25) is 9.59 Å². The van der Waals surface area contributed by atoms with Crippen LogP contribution < -0.4 is 16.6 Å². The van der Waals surface area contributed by atoms with Gasteiger partial charge in [-0.2, -0.15) is 10.2 Å². The van der Waals surface area contributed by atoms with Gasteiger partial charge in [0.15, 0.2) is 5.82 Å². The third-order valence-electron chi connectivity index (χ3n) is 3.86. The summed E-state index contributed by atoms with van der Waals surface area (Å²) in [5, 5.41) is 13.5. The number of aromatic nitrogens is 4. The molecule has 2 aromatic heterocycles. The van der Waals surface area contributed by atoms with Crippen molar-refractivity contribution in [3.05, 3.63) is 39.9 Å². The van der Waals surface area contributed by atoms with Crippen molar-refractivity contribution in [2.45, 2.75) is 39.7 Å². The maximum atomic E-state index is 12.6. The molecule has 8 nitrogen and oxygen atoms in total. The number of H-pyrrole nitrogens is 1. The van der Waals surface area contributed by atoms with E-state index >= 15 is 0 Å². The number of halogens is 1. The number of nitrogens with zero attached hydrogens (tertiary/aromatic N) is 3. The number of amides is 1. The summed E-state index contributed by atoms with van der Waals surface area (Å²) < 4.78 is 1.51. The van der Waals surface area contributed by atoms with Crippen molar-refractivity contribution in [2.24, 2.45) is 11.7 Å². The highest BCUT2D eigenvalue weighted by atomic mass is 35.5. The summed E-state index contributed by atoms with van der Waals surface area (Å²) in [6.45, 7) is 8.24. The second-order valence-corrected chi connectivity index (χ2v) is 6.65. The highest BCUT2D eigenvalue weighted by Crippen LogP contribution is 2.18. The molecule has 2 rings (SSSR count). The number of nitrogens with one attached hydrogen (secondary N) is 2. The molecule has 1 unspecified atom stereocenters. The van der Waals surface area contributed by atoms with E-state index in [-0.39, 0.29) is 23.9 Å². The summed E-state index contributed by atoms with van der Waals surface area (Å²) in [5.74, 6) is 0.625. The summed E-state index contributed by atoms with van der Waals surface area (Å²) in [6.07, 6.45) is 2.27. The van der Waals surface area contributed by atoms with Gasteiger partial charge in [0.25, 0.3) is 11.5 Å². The molecule has 138 valence electrons. The minimum Gasteiger partial charge on any atom is -0.345 e. The van der Waals surface area contributed by atoms with E-state index in [1.807, 2.05) is 6.92 Å². The van der Waals surface area contributed by atoms with Crippen LogP contribution in [0, 0.1) is 12.8 Å². The van der Waals surface area contributed by atoms with Crippen LogP contribution in [-0.4, -0.2) is 38.0 Å². The largest absolute Gasteiger partial charge is 0.345 e. The molecule has 25 heavy (non-hydrogen) atoms. The Morgan fingerprint density at radius 3 is 2.64 bits per heavy atom. The van der Waals surface area contributed by atoms with Crippen molar-refractivity contribution >= 4 is 18.3 Å². The summed E-state index contributed by atoms with van der Waals surface area (Å²) in [4.78, 5) is 23.7. The third-order valence-corrected chi connectivity index (χ3v) is 3.86. The van der Waals surface area contributed by atoms with Crippen LogP contribution in [-0.2, 0) is 0 Å². The average Bonchev–Trinajstić information content (AvgIpc) is 2.89. The molecule has 9 heteroatoms. The van der Waals surface area contributed by atoms with E-state index in [0.717, 1.165) is 6.42 Å². The predicted octanol–water partition coefficient (Wildman–Crippen LogP) is 1.18. The zero-order chi connectivity index (χ0) is 17.9. The molecule has 0 bridgehead atoms. The number of nitrogens with two attached hydrogens (primary N) is 1. The molecule has 4 N–H and O–H groups in total. The molecule has 0 aliphatic heterocycles. The Morgan fingerprint density at radius 1 is 1.44 bits per heavy atom. The molecule has 0 saturated heterocycles. The smallest absolute Gasteiger partial charge is 0.264 e. The van der Waals surface area contributed by atoms with Crippen molar-refractivity contribution < 1.29 is 4.79 Å². The Morgan fingerprint density at radius 2 is 2.12 bits per heavy atom. The van der Waals surface area contributed by atoms with Gasteiger partial charge in [0.1, 0.15) is 0 Å². The van der Waals surface area contributed by atoms with Gasteiger partial charge in [0, 0.05) is 18.2 Å². The van der Waals surface area contributed by atoms with E-state index in [2.05, 4.69) is 34.5 Å². The fourth-order valence-corrected chi connectivity index (χ4v) is 2.75. The maximum Gasteiger partial charge on any atom is 0.264 e. The normalized spacial score (nSPS) is 13.2. The predicted molar refractivity (Wildman–Crippen MR) is 98.3 cm³/mol. The molecule has 0 saturated carbocycles. The highest BCUT2D eigenvalue weighted by molar-refractivity contribution is 5.95. The van der Waals surface area contributed by atoms with E-state index < -0.39 is 5.54 Å². The summed E-state index contributed by atoms with van der Waals surface area (Å²) in [7, 11) is 0. The molecular weight excluding hydrogens is 344 g/mol. The first-order valence-corrected chi connectivity index (χ1v) is 7.89. The van der Waals surface area contributed by atoms with E-state index in [1.165, 1.54) is 16.9 Å². The highest BCUT2D eigenvalue weighted by Gasteiger charge is 2.28. The van der Waals surface area contributed by atoms with Gasteiger partial charge in [-0.05, 0) is 32.3 Å². The van der Waals surface area contributed by atoms with Crippen molar-refractivity contribution in [1.82, 2.24) is 25.3 Å². The van der Waals surface area contributed by atoms with Crippen LogP contribution in [0.5, 0.6) is 0 Å². The lowest BCUT2D eigenvalue weighted by atomic mass is 9.90. The van der Waals surface area contributed by atoms with Crippen LogP contribution in [0.4, 0.5) is 0 Å². The van der Waals surface area contributed by atoms with Gasteiger partial charge < -0.3 is 11.1 Å². The molecule has 0 fully saturated rings. The Labute approximate surface area is 152 Å². The van der Waals surface area contributed by atoms with Crippen molar-refractivity contribution in [1.29, 1.82) is 0 Å². The second kappa shape index (κ2) is 8.26. The van der Waals surface area contributed by atoms with Crippen LogP contribution in [0.3, 0.4) is 0 Å². The summed E-state index contributed by atoms with van der Waals surface area (Å²) in [6, 6.07) is 2.90. The molecular formula is C16H25ClN6O2. The second-order valence-electron chi connectivity index (χ2n) is 6.65. The summed E-state index contributed by atoms with van der Waals surface area (Å²) >= 11 is 0. The van der Waals surface area contributed by atoms with E-state index in [1.54, 1.807) is 13.0 Å². The van der Waals surface area contributed by atoms with Crippen LogP contribution in [0.25, 0.3) is 5.82 Å². The van der Waals surface area contributed by atoms with Crippen molar-refractivity contribution in [2.75, 3.05) is 6.54 Å². The number of hydrogen-bond donors (Lipinski definition) is 3. The SMILES string of the molecule is Cc1c(C(=O)NC(C)(CN)CC(C)C)cnn1-c1ccc(=O)[nH]n1.Cl. The molecule has 0 spiro atoms. The monoisotopic (exact) mass is 368 g/mol. The third kappa shape index (κ3) is 4.90. The molecule has 1 amide bonds. The molecule has 2 aromatic rings. The molecule has 2 heterocycles. The van der Waals surface area contributed by atoms with Crippen LogP contribution in [0.2, 0.25) is 0 Å². The first-order valence-electron chi connectivity index (χ1n) is 7.89. The fourth-order valence-electron chi connectivity index (χ4n) is 2.75. The first kappa shape index (κ1) is 20.9. The van der Waals surface area contributed by atoms with Gasteiger partial charge in [-0.15, -0.1) is 12.4 Å². The van der Waals surface area contributed by atoms with E-state index in [9.17, 15) is 9.59 Å². The lowest BCUT2D eigenvalue weighted by Crippen LogP contribution is -2.52. The van der Waals surface area contributed by atoms with Gasteiger partial charge in [-0.25, -0.2) is 9.78 Å². The van der Waals surface area contributed by atoms with Crippen LogP contribution in [0.15, 0.2) is 23.1 Å². The number of carbonyl (C=O) groups is 1. The van der Waals surface area contributed by atoms with Gasteiger partial charge in [0.2, 0.25) is 0 Å². The standard InChI is InChI=1S/C16H24N6O2.ClH/c1-10(2)7-16(4,9-17)19-15(24)12-8-18-22(11(12)3)13-5-6-14(23)21-20-13;/h5-6,8,10H,7,9,17H2,1-4H3,(H,19,24)(H,21,23);1H.